The van der Waals surface area contributed by atoms with Crippen molar-refractivity contribution in [2.24, 2.45) is 0 Å². The number of hydrogen-bond donors (Lipinski definition) is 1. The number of alkyl carbamates (subject to hydrolysis) is 1. The lowest BCUT2D eigenvalue weighted by molar-refractivity contribution is -0.125. The molecule has 1 saturated heterocycles. The normalized spacial score (nSPS) is 17.2. The number of rotatable bonds is 4. The van der Waals surface area contributed by atoms with Gasteiger partial charge in [-0.25, -0.2) is 13.2 Å². The summed E-state index contributed by atoms with van der Waals surface area (Å²) in [6.07, 6.45) is -0.807. The van der Waals surface area contributed by atoms with E-state index in [0.717, 1.165) is 22.3 Å². The Kier molecular flexibility index (Phi) is 6.84. The van der Waals surface area contributed by atoms with Crippen molar-refractivity contribution in [1.82, 2.24) is 14.5 Å². The molecule has 0 aliphatic carbocycles. The van der Waals surface area contributed by atoms with Crippen molar-refractivity contribution in [3.05, 3.63) is 28.3 Å². The van der Waals surface area contributed by atoms with Crippen LogP contribution in [0.4, 0.5) is 4.79 Å². The Balaban J connectivity index is 2.15. The second kappa shape index (κ2) is 8.59. The number of piperazine rings is 1. The van der Waals surface area contributed by atoms with Crippen LogP contribution in [0.3, 0.4) is 0 Å². The average Bonchev–Trinajstić information content (AvgIpc) is 2.65. The van der Waals surface area contributed by atoms with E-state index < -0.39 is 28.1 Å². The topological polar surface area (TPSA) is 96.0 Å². The maximum absolute atomic E-state index is 13.3. The van der Waals surface area contributed by atoms with Crippen LogP contribution in [0.1, 0.15) is 29.2 Å². The van der Waals surface area contributed by atoms with E-state index >= 15 is 0 Å². The van der Waals surface area contributed by atoms with E-state index in [2.05, 4.69) is 10.1 Å². The standard InChI is InChI=1S/C19H29N3O5S/c1-12-11-13(2)15(4)17(14(12)3)28(25,26)22-9-7-21(8-10-22)16(5)18(23)20-19(24)27-6/h11,16H,7-10H2,1-6H3,(H,20,23,24)/t16-/m1/s1. The second-order valence-electron chi connectivity index (χ2n) is 7.19. The molecule has 0 aromatic heterocycles. The van der Waals surface area contributed by atoms with Crippen molar-refractivity contribution in [1.29, 1.82) is 0 Å². The number of aryl methyl sites for hydroxylation is 2. The van der Waals surface area contributed by atoms with Crippen LogP contribution >= 0.6 is 0 Å². The maximum Gasteiger partial charge on any atom is 0.413 e. The van der Waals surface area contributed by atoms with Crippen LogP contribution in [0.5, 0.6) is 0 Å². The number of ether oxygens (including phenoxy) is 1. The first-order valence-electron chi connectivity index (χ1n) is 9.21. The van der Waals surface area contributed by atoms with E-state index in [9.17, 15) is 18.0 Å². The molecule has 1 aliphatic heterocycles. The van der Waals surface area contributed by atoms with Crippen LogP contribution in [0.25, 0.3) is 0 Å². The van der Waals surface area contributed by atoms with Crippen molar-refractivity contribution in [2.45, 2.75) is 45.6 Å². The van der Waals surface area contributed by atoms with Gasteiger partial charge in [-0.1, -0.05) is 6.07 Å². The highest BCUT2D eigenvalue weighted by Gasteiger charge is 2.34. The predicted octanol–water partition coefficient (Wildman–Crippen LogP) is 1.50. The zero-order valence-electron chi connectivity index (χ0n) is 17.3. The third-order valence-electron chi connectivity index (χ3n) is 5.51. The molecular formula is C19H29N3O5S. The molecule has 1 aliphatic rings. The molecule has 0 radical (unpaired) electrons. The van der Waals surface area contributed by atoms with Gasteiger partial charge in [0.25, 0.3) is 0 Å². The van der Waals surface area contributed by atoms with Crippen LogP contribution in [0, 0.1) is 27.7 Å². The molecule has 156 valence electrons. The molecule has 0 spiro atoms. The fourth-order valence-corrected chi connectivity index (χ4v) is 5.45. The summed E-state index contributed by atoms with van der Waals surface area (Å²) in [4.78, 5) is 25.5. The number of hydrogen-bond acceptors (Lipinski definition) is 6. The number of amides is 2. The molecule has 2 amide bonds. The molecule has 0 saturated carbocycles. The molecule has 0 bridgehead atoms. The van der Waals surface area contributed by atoms with Gasteiger partial charge in [0.05, 0.1) is 18.0 Å². The monoisotopic (exact) mass is 411 g/mol. The Morgan fingerprint density at radius 2 is 1.54 bits per heavy atom. The minimum atomic E-state index is -3.63. The Morgan fingerprint density at radius 1 is 1.04 bits per heavy atom. The highest BCUT2D eigenvalue weighted by molar-refractivity contribution is 7.89. The van der Waals surface area contributed by atoms with E-state index in [0.29, 0.717) is 18.0 Å². The zero-order chi connectivity index (χ0) is 21.2. The summed E-state index contributed by atoms with van der Waals surface area (Å²) >= 11 is 0. The third-order valence-corrected chi connectivity index (χ3v) is 7.68. The Hall–Kier alpha value is -1.97. The summed E-state index contributed by atoms with van der Waals surface area (Å²) in [6, 6.07) is 1.44. The van der Waals surface area contributed by atoms with Crippen LogP contribution in [0.2, 0.25) is 0 Å². The molecular weight excluding hydrogens is 382 g/mol. The Morgan fingerprint density at radius 3 is 2.00 bits per heavy atom. The molecule has 2 rings (SSSR count). The van der Waals surface area contributed by atoms with Crippen LogP contribution in [-0.2, 0) is 19.6 Å². The average molecular weight is 412 g/mol. The van der Waals surface area contributed by atoms with E-state index in [4.69, 9.17) is 0 Å². The van der Waals surface area contributed by atoms with E-state index in [1.807, 2.05) is 38.7 Å². The highest BCUT2D eigenvalue weighted by atomic mass is 32.2. The minimum Gasteiger partial charge on any atom is -0.453 e. The van der Waals surface area contributed by atoms with Crippen molar-refractivity contribution in [3.8, 4) is 0 Å². The molecule has 1 heterocycles. The SMILES string of the molecule is COC(=O)NC(=O)[C@@H](C)N1CCN(S(=O)(=O)c2c(C)c(C)cc(C)c2C)CC1. The second-order valence-corrected chi connectivity index (χ2v) is 9.06. The molecule has 1 aromatic carbocycles. The molecule has 1 fully saturated rings. The molecule has 1 atom stereocenters. The summed E-state index contributed by atoms with van der Waals surface area (Å²) in [5.74, 6) is -0.468. The smallest absolute Gasteiger partial charge is 0.413 e. The minimum absolute atomic E-state index is 0.282. The quantitative estimate of drug-likeness (QED) is 0.807. The van der Waals surface area contributed by atoms with Gasteiger partial charge in [0.1, 0.15) is 0 Å². The van der Waals surface area contributed by atoms with E-state index in [1.54, 1.807) is 6.92 Å². The molecule has 1 N–H and O–H groups in total. The lowest BCUT2D eigenvalue weighted by Crippen LogP contribution is -2.55. The summed E-state index contributed by atoms with van der Waals surface area (Å²) in [6.45, 7) is 10.6. The third kappa shape index (κ3) is 4.37. The molecule has 9 heteroatoms. The highest BCUT2D eigenvalue weighted by Crippen LogP contribution is 2.29. The molecule has 1 aromatic rings. The van der Waals surface area contributed by atoms with E-state index in [1.165, 1.54) is 11.4 Å². The van der Waals surface area contributed by atoms with Gasteiger partial charge in [-0.2, -0.15) is 4.31 Å². The number of sulfonamides is 1. The number of methoxy groups -OCH3 is 1. The van der Waals surface area contributed by atoms with Crippen molar-refractivity contribution >= 4 is 22.0 Å². The van der Waals surface area contributed by atoms with Crippen LogP contribution in [-0.4, -0.2) is 69.0 Å². The molecule has 8 nitrogen and oxygen atoms in total. The van der Waals surface area contributed by atoms with E-state index in [-0.39, 0.29) is 13.1 Å². The van der Waals surface area contributed by atoms with Crippen molar-refractivity contribution in [2.75, 3.05) is 33.3 Å². The Bertz CT molecular complexity index is 848. The van der Waals surface area contributed by atoms with Gasteiger partial charge in [-0.05, 0) is 56.9 Å². The summed E-state index contributed by atoms with van der Waals surface area (Å²) in [5.41, 5.74) is 3.45. The summed E-state index contributed by atoms with van der Waals surface area (Å²) in [5, 5.41) is 2.15. The summed E-state index contributed by atoms with van der Waals surface area (Å²) < 4.78 is 32.5. The van der Waals surface area contributed by atoms with Crippen molar-refractivity contribution in [3.63, 3.8) is 0 Å². The lowest BCUT2D eigenvalue weighted by atomic mass is 10.0. The number of carbonyl (C=O) groups excluding carboxylic acids is 2. The van der Waals surface area contributed by atoms with Gasteiger partial charge in [0.2, 0.25) is 15.9 Å². The first-order valence-corrected chi connectivity index (χ1v) is 10.6. The fraction of sp³-hybridized carbons (Fsp3) is 0.579. The predicted molar refractivity (Wildman–Crippen MR) is 106 cm³/mol. The van der Waals surface area contributed by atoms with Crippen molar-refractivity contribution < 1.29 is 22.7 Å². The van der Waals surface area contributed by atoms with Gasteiger partial charge < -0.3 is 4.74 Å². The lowest BCUT2D eigenvalue weighted by Gasteiger charge is -2.37. The number of carbonyl (C=O) groups is 2. The Labute approximate surface area is 166 Å². The summed E-state index contributed by atoms with van der Waals surface area (Å²) in [7, 11) is -2.44. The van der Waals surface area contributed by atoms with Gasteiger partial charge in [-0.15, -0.1) is 0 Å². The van der Waals surface area contributed by atoms with Crippen LogP contribution in [0.15, 0.2) is 11.0 Å². The van der Waals surface area contributed by atoms with Gasteiger partial charge in [-0.3, -0.25) is 15.0 Å². The molecule has 0 unspecified atom stereocenters. The number of benzene rings is 1. The van der Waals surface area contributed by atoms with Gasteiger partial charge >= 0.3 is 6.09 Å². The van der Waals surface area contributed by atoms with Gasteiger partial charge in [0.15, 0.2) is 0 Å². The molecule has 28 heavy (non-hydrogen) atoms. The maximum atomic E-state index is 13.3. The first kappa shape index (κ1) is 22.3. The fourth-order valence-electron chi connectivity index (χ4n) is 3.45. The van der Waals surface area contributed by atoms with Crippen LogP contribution < -0.4 is 5.32 Å². The largest absolute Gasteiger partial charge is 0.453 e. The van der Waals surface area contributed by atoms with Gasteiger partial charge in [0, 0.05) is 26.2 Å². The number of nitrogens with zero attached hydrogens (tertiary/aromatic N) is 2. The first-order chi connectivity index (χ1) is 13.0. The number of nitrogens with one attached hydrogen (secondary N) is 1. The number of imide groups is 1. The zero-order valence-corrected chi connectivity index (χ0v) is 18.1.